The molecule has 0 saturated carbocycles. The number of rotatable bonds is 15. The van der Waals surface area contributed by atoms with Crippen LogP contribution >= 0.6 is 0 Å². The third-order valence-corrected chi connectivity index (χ3v) is 9.24. The Morgan fingerprint density at radius 3 is 1.13 bits per heavy atom. The van der Waals surface area contributed by atoms with Gasteiger partial charge in [0.25, 0.3) is 0 Å². The van der Waals surface area contributed by atoms with Gasteiger partial charge in [-0.05, 0) is 107 Å². The van der Waals surface area contributed by atoms with E-state index in [2.05, 4.69) is 65.2 Å². The molecule has 0 amide bonds. The number of carbonyl (C=O) groups is 2. The van der Waals surface area contributed by atoms with Gasteiger partial charge in [-0.3, -0.25) is 19.4 Å². The molecule has 2 saturated heterocycles. The van der Waals surface area contributed by atoms with Crippen LogP contribution in [-0.2, 0) is 19.1 Å². The Bertz CT molecular complexity index is 650. The summed E-state index contributed by atoms with van der Waals surface area (Å²) in [5.41, 5.74) is 0.636. The summed E-state index contributed by atoms with van der Waals surface area (Å²) in [5, 5.41) is 0. The molecular formula is C32H60N2O4. The van der Waals surface area contributed by atoms with Gasteiger partial charge in [0.15, 0.2) is 0 Å². The second-order valence-corrected chi connectivity index (χ2v) is 14.3. The number of hydrogen-bond donors (Lipinski definition) is 0. The van der Waals surface area contributed by atoms with E-state index in [9.17, 15) is 9.59 Å². The van der Waals surface area contributed by atoms with E-state index in [1.165, 1.54) is 38.5 Å². The molecule has 0 aromatic rings. The molecule has 222 valence electrons. The Hall–Kier alpha value is -1.14. The molecule has 0 aromatic heterocycles. The van der Waals surface area contributed by atoms with Crippen LogP contribution in [0.4, 0.5) is 0 Å². The summed E-state index contributed by atoms with van der Waals surface area (Å²) in [6.45, 7) is 21.0. The number of esters is 2. The van der Waals surface area contributed by atoms with Gasteiger partial charge in [0.1, 0.15) is 13.2 Å². The predicted octanol–water partition coefficient (Wildman–Crippen LogP) is 7.28. The zero-order chi connectivity index (χ0) is 28.5. The van der Waals surface area contributed by atoms with Gasteiger partial charge >= 0.3 is 11.9 Å². The van der Waals surface area contributed by atoms with Crippen molar-refractivity contribution in [2.24, 2.45) is 0 Å². The van der Waals surface area contributed by atoms with E-state index >= 15 is 0 Å². The van der Waals surface area contributed by atoms with Crippen molar-refractivity contribution >= 4 is 11.9 Å². The SMILES string of the molecule is CC1(C)CCCC(C)(C)N1CCOC(=O)CCCCCCCCC(=O)OCCN1C(C)(C)CCCC1(C)C. The third-order valence-electron chi connectivity index (χ3n) is 9.24. The molecule has 0 spiro atoms. The fraction of sp³-hybridized carbons (Fsp3) is 0.938. The molecule has 2 heterocycles. The molecule has 2 aliphatic heterocycles. The highest BCUT2D eigenvalue weighted by molar-refractivity contribution is 5.69. The minimum Gasteiger partial charge on any atom is -0.464 e. The van der Waals surface area contributed by atoms with Crippen molar-refractivity contribution in [3.8, 4) is 0 Å². The molecule has 0 aromatic carbocycles. The zero-order valence-corrected chi connectivity index (χ0v) is 26.3. The lowest BCUT2D eigenvalue weighted by molar-refractivity contribution is -0.146. The first-order chi connectivity index (χ1) is 17.7. The van der Waals surface area contributed by atoms with Gasteiger partial charge in [-0.25, -0.2) is 0 Å². The first kappa shape index (κ1) is 33.1. The van der Waals surface area contributed by atoms with Crippen LogP contribution < -0.4 is 0 Å². The van der Waals surface area contributed by atoms with Crippen molar-refractivity contribution in [1.29, 1.82) is 0 Å². The quantitative estimate of drug-likeness (QED) is 0.162. The summed E-state index contributed by atoms with van der Waals surface area (Å²) in [6.07, 6.45) is 14.3. The van der Waals surface area contributed by atoms with Crippen LogP contribution in [0.1, 0.15) is 145 Å². The van der Waals surface area contributed by atoms with Crippen molar-refractivity contribution in [3.05, 3.63) is 0 Å². The first-order valence-corrected chi connectivity index (χ1v) is 15.5. The fourth-order valence-corrected chi connectivity index (χ4v) is 7.19. The number of hydrogen-bond acceptors (Lipinski definition) is 6. The molecule has 6 heteroatoms. The van der Waals surface area contributed by atoms with Crippen LogP contribution in [0, 0.1) is 0 Å². The maximum Gasteiger partial charge on any atom is 0.305 e. The Labute approximate surface area is 234 Å². The van der Waals surface area contributed by atoms with E-state index in [0.29, 0.717) is 26.1 Å². The second kappa shape index (κ2) is 14.5. The summed E-state index contributed by atoms with van der Waals surface area (Å²) in [4.78, 5) is 29.4. The summed E-state index contributed by atoms with van der Waals surface area (Å²) >= 11 is 0. The molecule has 2 fully saturated rings. The zero-order valence-electron chi connectivity index (χ0n) is 26.3. The highest BCUT2D eigenvalue weighted by atomic mass is 16.5. The number of carbonyl (C=O) groups excluding carboxylic acids is 2. The van der Waals surface area contributed by atoms with Gasteiger partial charge in [-0.1, -0.05) is 25.7 Å². The average molecular weight is 537 g/mol. The van der Waals surface area contributed by atoms with Crippen LogP contribution in [-0.4, -0.2) is 70.2 Å². The van der Waals surface area contributed by atoms with Gasteiger partial charge in [0, 0.05) is 48.1 Å². The molecule has 0 N–H and O–H groups in total. The molecule has 2 aliphatic rings. The van der Waals surface area contributed by atoms with Gasteiger partial charge in [-0.2, -0.15) is 0 Å². The molecule has 0 bridgehead atoms. The third kappa shape index (κ3) is 10.4. The topological polar surface area (TPSA) is 59.1 Å². The van der Waals surface area contributed by atoms with Crippen molar-refractivity contribution in [2.75, 3.05) is 26.3 Å². The molecule has 0 atom stereocenters. The summed E-state index contributed by atoms with van der Waals surface area (Å²) in [6, 6.07) is 0. The number of piperidine rings is 2. The Kier molecular flexibility index (Phi) is 12.6. The monoisotopic (exact) mass is 536 g/mol. The van der Waals surface area contributed by atoms with Crippen LogP contribution in [0.15, 0.2) is 0 Å². The molecule has 0 aliphatic carbocycles. The maximum absolute atomic E-state index is 12.2. The van der Waals surface area contributed by atoms with Crippen LogP contribution in [0.2, 0.25) is 0 Å². The summed E-state index contributed by atoms with van der Waals surface area (Å²) in [7, 11) is 0. The van der Waals surface area contributed by atoms with E-state index < -0.39 is 0 Å². The van der Waals surface area contributed by atoms with Gasteiger partial charge in [0.2, 0.25) is 0 Å². The van der Waals surface area contributed by atoms with E-state index in [0.717, 1.165) is 51.6 Å². The molecule has 38 heavy (non-hydrogen) atoms. The highest BCUT2D eigenvalue weighted by Crippen LogP contribution is 2.38. The second-order valence-electron chi connectivity index (χ2n) is 14.3. The van der Waals surface area contributed by atoms with E-state index in [4.69, 9.17) is 9.47 Å². The van der Waals surface area contributed by atoms with Gasteiger partial charge < -0.3 is 9.47 Å². The van der Waals surface area contributed by atoms with Crippen LogP contribution in [0.3, 0.4) is 0 Å². The highest BCUT2D eigenvalue weighted by Gasteiger charge is 2.41. The number of likely N-dealkylation sites (tertiary alicyclic amines) is 2. The van der Waals surface area contributed by atoms with Crippen LogP contribution in [0.5, 0.6) is 0 Å². The first-order valence-electron chi connectivity index (χ1n) is 15.5. The standard InChI is InChI=1S/C32H60N2O4/c1-29(2)19-15-20-30(3,4)33(29)23-25-37-27(35)17-13-11-9-10-12-14-18-28(36)38-26-24-34-31(5,6)21-16-22-32(34,7)8/h9-26H2,1-8H3. The molecule has 0 unspecified atom stereocenters. The normalized spacial score (nSPS) is 22.6. The molecule has 0 radical (unpaired) electrons. The van der Waals surface area contributed by atoms with Crippen molar-refractivity contribution in [2.45, 2.75) is 167 Å². The Balaban J connectivity index is 1.46. The Morgan fingerprint density at radius 2 is 0.816 bits per heavy atom. The fourth-order valence-electron chi connectivity index (χ4n) is 7.19. The van der Waals surface area contributed by atoms with E-state index in [1.54, 1.807) is 0 Å². The minimum atomic E-state index is -0.0725. The average Bonchev–Trinajstić information content (AvgIpc) is 2.78. The molecular weight excluding hydrogens is 476 g/mol. The lowest BCUT2D eigenvalue weighted by atomic mass is 9.80. The largest absolute Gasteiger partial charge is 0.464 e. The van der Waals surface area contributed by atoms with Crippen LogP contribution in [0.25, 0.3) is 0 Å². The lowest BCUT2D eigenvalue weighted by Gasteiger charge is -2.52. The predicted molar refractivity (Wildman–Crippen MR) is 156 cm³/mol. The number of nitrogens with zero attached hydrogens (tertiary/aromatic N) is 2. The lowest BCUT2D eigenvalue weighted by Crippen LogP contribution is -2.59. The number of ether oxygens (including phenoxy) is 2. The summed E-state index contributed by atoms with van der Waals surface area (Å²) < 4.78 is 11.1. The van der Waals surface area contributed by atoms with Crippen molar-refractivity contribution < 1.29 is 19.1 Å². The molecule has 2 rings (SSSR count). The van der Waals surface area contributed by atoms with E-state index in [1.807, 2.05) is 0 Å². The summed E-state index contributed by atoms with van der Waals surface area (Å²) in [5.74, 6) is -0.145. The van der Waals surface area contributed by atoms with Crippen molar-refractivity contribution in [1.82, 2.24) is 9.80 Å². The van der Waals surface area contributed by atoms with Crippen molar-refractivity contribution in [3.63, 3.8) is 0 Å². The van der Waals surface area contributed by atoms with Gasteiger partial charge in [0.05, 0.1) is 0 Å². The van der Waals surface area contributed by atoms with E-state index in [-0.39, 0.29) is 34.1 Å². The molecule has 6 nitrogen and oxygen atoms in total. The Morgan fingerprint density at radius 1 is 0.526 bits per heavy atom. The smallest absolute Gasteiger partial charge is 0.305 e. The van der Waals surface area contributed by atoms with Gasteiger partial charge in [-0.15, -0.1) is 0 Å². The minimum absolute atomic E-state index is 0.0725. The maximum atomic E-state index is 12.2. The number of unbranched alkanes of at least 4 members (excludes halogenated alkanes) is 5.